The van der Waals surface area contributed by atoms with Gasteiger partial charge in [-0.1, -0.05) is 26.0 Å². The normalized spacial score (nSPS) is 28.1. The molecule has 3 aliphatic rings. The third kappa shape index (κ3) is 3.32. The molecule has 0 aliphatic heterocycles. The molecular weight excluding hydrogens is 388 g/mol. The molecule has 3 fully saturated rings. The van der Waals surface area contributed by atoms with Crippen molar-refractivity contribution in [3.63, 3.8) is 0 Å². The monoisotopic (exact) mass is 418 g/mol. The van der Waals surface area contributed by atoms with Crippen molar-refractivity contribution in [2.75, 3.05) is 12.8 Å². The van der Waals surface area contributed by atoms with E-state index in [1.807, 2.05) is 12.1 Å². The average molecular weight is 419 g/mol. The Bertz CT molecular complexity index is 934. The molecule has 2 bridgehead atoms. The maximum Gasteiger partial charge on any atom is 0.251 e. The minimum absolute atomic E-state index is 0.0202. The van der Waals surface area contributed by atoms with Crippen LogP contribution < -0.4 is 5.32 Å². The molecule has 3 aliphatic carbocycles. The first kappa shape index (κ1) is 20.5. The van der Waals surface area contributed by atoms with E-state index in [4.69, 9.17) is 0 Å². The lowest BCUT2D eigenvalue weighted by molar-refractivity contribution is -0.128. The van der Waals surface area contributed by atoms with Crippen LogP contribution in [0.4, 0.5) is 0 Å². The summed E-state index contributed by atoms with van der Waals surface area (Å²) >= 11 is 0. The molecule has 0 radical (unpaired) electrons. The first-order valence-corrected chi connectivity index (χ1v) is 12.1. The Morgan fingerprint density at radius 3 is 2.31 bits per heavy atom. The highest BCUT2D eigenvalue weighted by Crippen LogP contribution is 2.64. The van der Waals surface area contributed by atoms with E-state index in [1.165, 1.54) is 0 Å². The van der Waals surface area contributed by atoms with Crippen molar-refractivity contribution < 1.29 is 18.0 Å². The second-order valence-corrected chi connectivity index (χ2v) is 11.4. The minimum atomic E-state index is -3.59. The zero-order valence-corrected chi connectivity index (χ0v) is 18.2. The number of nitrogens with one attached hydrogen (secondary N) is 1. The summed E-state index contributed by atoms with van der Waals surface area (Å²) < 4.78 is 28.6. The number of ketones is 1. The summed E-state index contributed by atoms with van der Waals surface area (Å²) in [5.74, 6) is 0.194. The molecule has 4 rings (SSSR count). The molecule has 7 heteroatoms. The van der Waals surface area contributed by atoms with Gasteiger partial charge in [0, 0.05) is 37.0 Å². The molecule has 0 saturated heterocycles. The van der Waals surface area contributed by atoms with Crippen molar-refractivity contribution in [2.45, 2.75) is 58.5 Å². The molecule has 1 aromatic carbocycles. The number of fused-ring (bicyclic) bond motifs is 2. The largest absolute Gasteiger partial charge is 0.355 e. The van der Waals surface area contributed by atoms with E-state index in [0.29, 0.717) is 24.3 Å². The van der Waals surface area contributed by atoms with Gasteiger partial charge in [0.25, 0.3) is 5.91 Å². The van der Waals surface area contributed by atoms with E-state index in [9.17, 15) is 18.0 Å². The standard InChI is InChI=1S/C22H30N2O4S/c1-21(2)17-10-11-22(21,19(25)12-17)14-29(27,28)24(18-8-9-18)13-15-4-6-16(7-5-15)20(26)23-3/h4-7,17-18H,8-14H2,1-3H3,(H,23,26). The van der Waals surface area contributed by atoms with E-state index in [-0.39, 0.29) is 35.4 Å². The van der Waals surface area contributed by atoms with Gasteiger partial charge in [-0.05, 0) is 54.7 Å². The lowest BCUT2D eigenvalue weighted by Crippen LogP contribution is -2.47. The predicted octanol–water partition coefficient (Wildman–Crippen LogP) is 2.74. The zero-order valence-electron chi connectivity index (χ0n) is 17.4. The molecule has 1 aromatic rings. The van der Waals surface area contributed by atoms with Gasteiger partial charge in [0.05, 0.1) is 5.75 Å². The van der Waals surface area contributed by atoms with Gasteiger partial charge in [-0.3, -0.25) is 9.59 Å². The molecule has 0 aromatic heterocycles. The number of carbonyl (C=O) groups excluding carboxylic acids is 2. The van der Waals surface area contributed by atoms with Crippen LogP contribution in [0.3, 0.4) is 0 Å². The fraction of sp³-hybridized carbons (Fsp3) is 0.636. The highest BCUT2D eigenvalue weighted by Gasteiger charge is 2.65. The van der Waals surface area contributed by atoms with Crippen molar-refractivity contribution in [3.8, 4) is 0 Å². The third-order valence-electron chi connectivity index (χ3n) is 7.66. The Labute approximate surface area is 173 Å². The topological polar surface area (TPSA) is 83.6 Å². The maximum atomic E-state index is 13.5. The van der Waals surface area contributed by atoms with Crippen LogP contribution in [0, 0.1) is 16.7 Å². The lowest BCUT2D eigenvalue weighted by atomic mass is 9.70. The zero-order chi connectivity index (χ0) is 21.0. The molecule has 3 saturated carbocycles. The number of hydrogen-bond donors (Lipinski definition) is 1. The van der Waals surface area contributed by atoms with Gasteiger partial charge in [0.1, 0.15) is 5.78 Å². The molecule has 2 unspecified atom stereocenters. The predicted molar refractivity (Wildman–Crippen MR) is 111 cm³/mol. The molecule has 2 atom stereocenters. The van der Waals surface area contributed by atoms with Gasteiger partial charge in [0.2, 0.25) is 10.0 Å². The number of sulfonamides is 1. The van der Waals surface area contributed by atoms with Gasteiger partial charge in [0.15, 0.2) is 0 Å². The fourth-order valence-corrected chi connectivity index (χ4v) is 7.88. The van der Waals surface area contributed by atoms with Crippen LogP contribution in [0.15, 0.2) is 24.3 Å². The maximum absolute atomic E-state index is 13.5. The molecule has 6 nitrogen and oxygen atoms in total. The van der Waals surface area contributed by atoms with Crippen LogP contribution in [0.5, 0.6) is 0 Å². The average Bonchev–Trinajstić information content (AvgIpc) is 3.46. The van der Waals surface area contributed by atoms with E-state index in [1.54, 1.807) is 23.5 Å². The van der Waals surface area contributed by atoms with E-state index >= 15 is 0 Å². The van der Waals surface area contributed by atoms with Crippen LogP contribution in [0.1, 0.15) is 61.9 Å². The molecule has 158 valence electrons. The second kappa shape index (κ2) is 6.91. The van der Waals surface area contributed by atoms with Crippen molar-refractivity contribution >= 4 is 21.7 Å². The summed E-state index contributed by atoms with van der Waals surface area (Å²) in [7, 11) is -2.01. The van der Waals surface area contributed by atoms with Crippen molar-refractivity contribution in [1.82, 2.24) is 9.62 Å². The van der Waals surface area contributed by atoms with Crippen LogP contribution in [-0.4, -0.2) is 43.3 Å². The number of benzene rings is 1. The van der Waals surface area contributed by atoms with Gasteiger partial charge < -0.3 is 5.32 Å². The van der Waals surface area contributed by atoms with E-state index in [2.05, 4.69) is 19.2 Å². The van der Waals surface area contributed by atoms with Crippen molar-refractivity contribution in [1.29, 1.82) is 0 Å². The number of Topliss-reactive ketones (excluding diaryl/α,β-unsaturated/α-hetero) is 1. The highest BCUT2D eigenvalue weighted by atomic mass is 32.2. The first-order valence-electron chi connectivity index (χ1n) is 10.4. The van der Waals surface area contributed by atoms with Crippen molar-refractivity contribution in [3.05, 3.63) is 35.4 Å². The third-order valence-corrected chi connectivity index (χ3v) is 9.66. The second-order valence-electron chi connectivity index (χ2n) is 9.48. The summed E-state index contributed by atoms with van der Waals surface area (Å²) in [6, 6.07) is 7.08. The van der Waals surface area contributed by atoms with Gasteiger partial charge in [-0.2, -0.15) is 4.31 Å². The fourth-order valence-electron chi connectivity index (χ4n) is 5.41. The summed E-state index contributed by atoms with van der Waals surface area (Å²) in [4.78, 5) is 24.6. The summed E-state index contributed by atoms with van der Waals surface area (Å²) in [5, 5.41) is 2.58. The van der Waals surface area contributed by atoms with Gasteiger partial charge >= 0.3 is 0 Å². The quantitative estimate of drug-likeness (QED) is 0.738. The van der Waals surface area contributed by atoms with Crippen LogP contribution in [-0.2, 0) is 21.4 Å². The highest BCUT2D eigenvalue weighted by molar-refractivity contribution is 7.89. The van der Waals surface area contributed by atoms with E-state index in [0.717, 1.165) is 24.8 Å². The number of nitrogens with zero attached hydrogens (tertiary/aromatic N) is 1. The number of rotatable bonds is 7. The Balaban J connectivity index is 1.57. The number of carbonyl (C=O) groups is 2. The summed E-state index contributed by atoms with van der Waals surface area (Å²) in [6.45, 7) is 4.43. The van der Waals surface area contributed by atoms with Crippen LogP contribution >= 0.6 is 0 Å². The number of amides is 1. The molecule has 1 N–H and O–H groups in total. The Morgan fingerprint density at radius 2 is 1.83 bits per heavy atom. The first-order chi connectivity index (χ1) is 13.6. The Hall–Kier alpha value is -1.73. The Morgan fingerprint density at radius 1 is 1.17 bits per heavy atom. The molecule has 1 amide bonds. The Kier molecular flexibility index (Phi) is 4.89. The van der Waals surface area contributed by atoms with Gasteiger partial charge in [-0.25, -0.2) is 8.42 Å². The molecule has 29 heavy (non-hydrogen) atoms. The smallest absolute Gasteiger partial charge is 0.251 e. The molecule has 0 spiro atoms. The molecule has 0 heterocycles. The van der Waals surface area contributed by atoms with Gasteiger partial charge in [-0.15, -0.1) is 0 Å². The summed E-state index contributed by atoms with van der Waals surface area (Å²) in [6.07, 6.45) is 3.87. The SMILES string of the molecule is CNC(=O)c1ccc(CN(C2CC2)S(=O)(=O)CC23CCC(CC2=O)C3(C)C)cc1. The minimum Gasteiger partial charge on any atom is -0.355 e. The molecular formula is C22H30N2O4S. The van der Waals surface area contributed by atoms with Crippen LogP contribution in [0.25, 0.3) is 0 Å². The lowest BCUT2D eigenvalue weighted by Gasteiger charge is -2.37. The van der Waals surface area contributed by atoms with Crippen molar-refractivity contribution in [2.24, 2.45) is 16.7 Å². The van der Waals surface area contributed by atoms with E-state index < -0.39 is 15.4 Å². The van der Waals surface area contributed by atoms with Crippen LogP contribution in [0.2, 0.25) is 0 Å². The summed E-state index contributed by atoms with van der Waals surface area (Å²) in [5.41, 5.74) is 0.395. The number of hydrogen-bond acceptors (Lipinski definition) is 4.